The molecular formula is C13H20N4S. The molecule has 1 aromatic heterocycles. The first kappa shape index (κ1) is 13.2. The Hall–Kier alpha value is -1.20. The van der Waals surface area contributed by atoms with Crippen molar-refractivity contribution >= 4 is 22.9 Å². The molecule has 0 amide bonds. The van der Waals surface area contributed by atoms with Crippen LogP contribution in [0.25, 0.3) is 0 Å². The third kappa shape index (κ3) is 2.97. The van der Waals surface area contributed by atoms with E-state index in [0.717, 1.165) is 25.3 Å². The molecule has 2 rings (SSSR count). The molecule has 4 nitrogen and oxygen atoms in total. The van der Waals surface area contributed by atoms with Crippen molar-refractivity contribution in [2.24, 2.45) is 5.73 Å². The molecule has 5 heteroatoms. The lowest BCUT2D eigenvalue weighted by atomic mass is 10.2. The molecule has 0 radical (unpaired) electrons. The van der Waals surface area contributed by atoms with E-state index < -0.39 is 0 Å². The Balaban J connectivity index is 2.16. The van der Waals surface area contributed by atoms with Gasteiger partial charge in [-0.2, -0.15) is 0 Å². The van der Waals surface area contributed by atoms with Crippen molar-refractivity contribution in [1.82, 2.24) is 9.88 Å². The van der Waals surface area contributed by atoms with E-state index in [4.69, 9.17) is 18.0 Å². The summed E-state index contributed by atoms with van der Waals surface area (Å²) in [6.07, 6.45) is 3.05. The zero-order valence-electron chi connectivity index (χ0n) is 11.0. The molecule has 1 saturated heterocycles. The third-order valence-electron chi connectivity index (χ3n) is 3.38. The Bertz CT molecular complexity index is 418. The summed E-state index contributed by atoms with van der Waals surface area (Å²) >= 11 is 4.92. The van der Waals surface area contributed by atoms with Crippen LogP contribution in [0.15, 0.2) is 18.3 Å². The van der Waals surface area contributed by atoms with Crippen LogP contribution in [-0.4, -0.2) is 47.6 Å². The van der Waals surface area contributed by atoms with Gasteiger partial charge in [0.15, 0.2) is 0 Å². The number of aromatic nitrogens is 1. The maximum absolute atomic E-state index is 5.56. The van der Waals surface area contributed by atoms with Gasteiger partial charge in [0.1, 0.15) is 4.99 Å². The minimum Gasteiger partial charge on any atom is -0.388 e. The van der Waals surface area contributed by atoms with E-state index in [-0.39, 0.29) is 0 Å². The van der Waals surface area contributed by atoms with Gasteiger partial charge in [-0.3, -0.25) is 4.98 Å². The van der Waals surface area contributed by atoms with Crippen molar-refractivity contribution in [3.05, 3.63) is 24.0 Å². The van der Waals surface area contributed by atoms with Crippen molar-refractivity contribution in [1.29, 1.82) is 0 Å². The minimum absolute atomic E-state index is 0.352. The van der Waals surface area contributed by atoms with Gasteiger partial charge in [-0.15, -0.1) is 0 Å². The second kappa shape index (κ2) is 5.63. The number of thiocarbonyl (C=S) groups is 1. The number of anilines is 1. The predicted molar refractivity (Wildman–Crippen MR) is 79.0 cm³/mol. The molecule has 1 aromatic rings. The highest BCUT2D eigenvalue weighted by atomic mass is 32.1. The lowest BCUT2D eigenvalue weighted by molar-refractivity contribution is 0.337. The largest absolute Gasteiger partial charge is 0.388 e. The molecule has 18 heavy (non-hydrogen) atoms. The molecule has 2 heterocycles. The second-order valence-corrected chi connectivity index (χ2v) is 5.36. The SMILES string of the molecule is CC1CN(C)CCCN1c1ccc(C(N)=S)nc1. The van der Waals surface area contributed by atoms with Crippen LogP contribution >= 0.6 is 12.2 Å². The number of hydrogen-bond donors (Lipinski definition) is 1. The first-order valence-electron chi connectivity index (χ1n) is 6.29. The minimum atomic E-state index is 0.352. The van der Waals surface area contributed by atoms with E-state index in [2.05, 4.69) is 34.8 Å². The van der Waals surface area contributed by atoms with Gasteiger partial charge < -0.3 is 15.5 Å². The molecule has 0 saturated carbocycles. The quantitative estimate of drug-likeness (QED) is 0.815. The Kier molecular flexibility index (Phi) is 4.14. The van der Waals surface area contributed by atoms with Gasteiger partial charge in [0, 0.05) is 19.1 Å². The number of nitrogens with two attached hydrogens (primary N) is 1. The van der Waals surface area contributed by atoms with Gasteiger partial charge >= 0.3 is 0 Å². The molecule has 1 aliphatic heterocycles. The average Bonchev–Trinajstić information content (AvgIpc) is 2.50. The fraction of sp³-hybridized carbons (Fsp3) is 0.538. The Morgan fingerprint density at radius 1 is 1.44 bits per heavy atom. The standard InChI is InChI=1S/C13H20N4S/c1-10-9-16(2)6-3-7-17(10)11-4-5-12(13(14)18)15-8-11/h4-5,8,10H,3,6-7,9H2,1-2H3,(H2,14,18). The van der Waals surface area contributed by atoms with E-state index in [9.17, 15) is 0 Å². The second-order valence-electron chi connectivity index (χ2n) is 4.92. The van der Waals surface area contributed by atoms with Crippen molar-refractivity contribution in [2.45, 2.75) is 19.4 Å². The van der Waals surface area contributed by atoms with Crippen LogP contribution in [0.1, 0.15) is 19.0 Å². The smallest absolute Gasteiger partial charge is 0.122 e. The molecular weight excluding hydrogens is 244 g/mol. The summed E-state index contributed by atoms with van der Waals surface area (Å²) in [5.74, 6) is 0. The lowest BCUT2D eigenvalue weighted by Gasteiger charge is -2.29. The van der Waals surface area contributed by atoms with Crippen molar-refractivity contribution < 1.29 is 0 Å². The highest BCUT2D eigenvalue weighted by Crippen LogP contribution is 2.19. The maximum Gasteiger partial charge on any atom is 0.122 e. The molecule has 0 spiro atoms. The van der Waals surface area contributed by atoms with E-state index >= 15 is 0 Å². The monoisotopic (exact) mass is 264 g/mol. The van der Waals surface area contributed by atoms with Gasteiger partial charge in [0.05, 0.1) is 17.6 Å². The molecule has 0 aliphatic carbocycles. The molecule has 1 aliphatic rings. The first-order chi connectivity index (χ1) is 8.58. The van der Waals surface area contributed by atoms with Crippen molar-refractivity contribution in [2.75, 3.05) is 31.6 Å². The van der Waals surface area contributed by atoms with Crippen LogP contribution < -0.4 is 10.6 Å². The molecule has 1 atom stereocenters. The highest BCUT2D eigenvalue weighted by molar-refractivity contribution is 7.80. The Morgan fingerprint density at radius 3 is 2.83 bits per heavy atom. The van der Waals surface area contributed by atoms with E-state index in [1.807, 2.05) is 12.3 Å². The molecule has 1 fully saturated rings. The normalized spacial score (nSPS) is 21.7. The van der Waals surface area contributed by atoms with Gasteiger partial charge in [0.2, 0.25) is 0 Å². The molecule has 98 valence electrons. The Labute approximate surface area is 114 Å². The van der Waals surface area contributed by atoms with Crippen LogP contribution in [0.5, 0.6) is 0 Å². The molecule has 1 unspecified atom stereocenters. The summed E-state index contributed by atoms with van der Waals surface area (Å²) < 4.78 is 0. The summed E-state index contributed by atoms with van der Waals surface area (Å²) in [7, 11) is 2.17. The van der Waals surface area contributed by atoms with Crippen LogP contribution in [0.3, 0.4) is 0 Å². The summed E-state index contributed by atoms with van der Waals surface area (Å²) in [6.45, 7) is 5.55. The van der Waals surface area contributed by atoms with Gasteiger partial charge in [-0.05, 0) is 39.1 Å². The zero-order valence-corrected chi connectivity index (χ0v) is 11.8. The average molecular weight is 264 g/mol. The van der Waals surface area contributed by atoms with Crippen molar-refractivity contribution in [3.63, 3.8) is 0 Å². The molecule has 2 N–H and O–H groups in total. The number of likely N-dealkylation sites (N-methyl/N-ethyl adjacent to an activating group) is 1. The van der Waals surface area contributed by atoms with Crippen LogP contribution in [0, 0.1) is 0 Å². The topological polar surface area (TPSA) is 45.4 Å². The van der Waals surface area contributed by atoms with Crippen LogP contribution in [-0.2, 0) is 0 Å². The lowest BCUT2D eigenvalue weighted by Crippen LogP contribution is -2.38. The van der Waals surface area contributed by atoms with Gasteiger partial charge in [-0.25, -0.2) is 0 Å². The fourth-order valence-electron chi connectivity index (χ4n) is 2.46. The van der Waals surface area contributed by atoms with E-state index in [0.29, 0.717) is 16.7 Å². The van der Waals surface area contributed by atoms with Crippen LogP contribution in [0.2, 0.25) is 0 Å². The Morgan fingerprint density at radius 2 is 2.22 bits per heavy atom. The maximum atomic E-state index is 5.56. The zero-order chi connectivity index (χ0) is 13.1. The highest BCUT2D eigenvalue weighted by Gasteiger charge is 2.20. The predicted octanol–water partition coefficient (Wildman–Crippen LogP) is 1.25. The first-order valence-corrected chi connectivity index (χ1v) is 6.70. The van der Waals surface area contributed by atoms with Crippen LogP contribution in [0.4, 0.5) is 5.69 Å². The number of nitrogens with zero attached hydrogens (tertiary/aromatic N) is 3. The van der Waals surface area contributed by atoms with Gasteiger partial charge in [0.25, 0.3) is 0 Å². The molecule has 0 bridgehead atoms. The summed E-state index contributed by atoms with van der Waals surface area (Å²) in [6, 6.07) is 4.46. The van der Waals surface area contributed by atoms with E-state index in [1.165, 1.54) is 6.42 Å². The fourth-order valence-corrected chi connectivity index (χ4v) is 2.58. The van der Waals surface area contributed by atoms with Gasteiger partial charge in [-0.1, -0.05) is 12.2 Å². The molecule has 0 aromatic carbocycles. The third-order valence-corrected chi connectivity index (χ3v) is 3.59. The van der Waals surface area contributed by atoms with Crippen molar-refractivity contribution in [3.8, 4) is 0 Å². The van der Waals surface area contributed by atoms with E-state index in [1.54, 1.807) is 0 Å². The number of rotatable bonds is 2. The number of pyridine rings is 1. The summed E-state index contributed by atoms with van der Waals surface area (Å²) in [4.78, 5) is 9.45. The summed E-state index contributed by atoms with van der Waals surface area (Å²) in [5.41, 5.74) is 7.40. The summed E-state index contributed by atoms with van der Waals surface area (Å²) in [5, 5.41) is 0. The number of hydrogen-bond acceptors (Lipinski definition) is 4.